The molecule has 1 saturated heterocycles. The smallest absolute Gasteiger partial charge is 0.308 e. The second kappa shape index (κ2) is 9.90. The van der Waals surface area contributed by atoms with E-state index in [1.165, 1.54) is 32.6 Å². The average Bonchev–Trinajstić information content (AvgIpc) is 3.62. The average molecular weight is 564 g/mol. The number of nitrogens with one attached hydrogen (secondary N) is 1. The molecule has 192 valence electrons. The molecule has 3 amide bonds. The number of fused-ring (bicyclic) bond motifs is 2. The number of methoxy groups -OCH3 is 1. The minimum atomic E-state index is -0.702. The number of rotatable bonds is 6. The Kier molecular flexibility index (Phi) is 6.42. The molecule has 0 radical (unpaired) electrons. The maximum Gasteiger partial charge on any atom is 0.308 e. The van der Waals surface area contributed by atoms with E-state index in [4.69, 9.17) is 4.74 Å². The van der Waals surface area contributed by atoms with Gasteiger partial charge in [-0.1, -0.05) is 47.4 Å². The number of carbonyl (C=O) groups excluding carboxylic acids is 3. The number of ether oxygens (including phenoxy) is 1. The van der Waals surface area contributed by atoms with Crippen LogP contribution in [0.15, 0.2) is 81.9 Å². The van der Waals surface area contributed by atoms with Gasteiger partial charge in [0.15, 0.2) is 0 Å². The van der Waals surface area contributed by atoms with E-state index < -0.39 is 17.1 Å². The zero-order valence-corrected chi connectivity index (χ0v) is 22.5. The molecule has 6 rings (SSSR count). The van der Waals surface area contributed by atoms with Crippen LogP contribution in [0.2, 0.25) is 0 Å². The van der Waals surface area contributed by atoms with Gasteiger partial charge in [0.2, 0.25) is 17.7 Å². The zero-order chi connectivity index (χ0) is 26.4. The Morgan fingerprint density at radius 1 is 0.974 bits per heavy atom. The summed E-state index contributed by atoms with van der Waals surface area (Å²) in [6.07, 6.45) is 0. The SMILES string of the molecule is COc1ccc(NC(=O)Cn2c3c(sc2=O)C(c2cccs2)C2C(=O)N(c4ccccc4)C(=O)C2S3)cc1. The minimum Gasteiger partial charge on any atom is -0.497 e. The molecule has 2 aromatic carbocycles. The maximum absolute atomic E-state index is 13.7. The van der Waals surface area contributed by atoms with Crippen molar-refractivity contribution < 1.29 is 19.1 Å². The van der Waals surface area contributed by atoms with Gasteiger partial charge >= 0.3 is 4.87 Å². The highest BCUT2D eigenvalue weighted by atomic mass is 32.2. The number of carbonyl (C=O) groups is 3. The van der Waals surface area contributed by atoms with Crippen LogP contribution in [-0.2, 0) is 20.9 Å². The first kappa shape index (κ1) is 24.7. The van der Waals surface area contributed by atoms with Gasteiger partial charge in [0.1, 0.15) is 17.5 Å². The molecule has 1 fully saturated rings. The van der Waals surface area contributed by atoms with E-state index in [1.807, 2.05) is 23.6 Å². The number of hydrogen-bond donors (Lipinski definition) is 1. The number of anilines is 2. The normalized spacial score (nSPS) is 20.2. The van der Waals surface area contributed by atoms with Crippen LogP contribution >= 0.6 is 34.4 Å². The van der Waals surface area contributed by atoms with Gasteiger partial charge in [0.05, 0.1) is 23.7 Å². The molecule has 11 heteroatoms. The summed E-state index contributed by atoms with van der Waals surface area (Å²) in [4.78, 5) is 56.0. The Bertz CT molecular complexity index is 1580. The lowest BCUT2D eigenvalue weighted by Crippen LogP contribution is -2.32. The van der Waals surface area contributed by atoms with Crippen molar-refractivity contribution in [1.82, 2.24) is 4.57 Å². The number of thiazole rings is 1. The van der Waals surface area contributed by atoms with Crippen molar-refractivity contribution in [2.24, 2.45) is 5.92 Å². The van der Waals surface area contributed by atoms with E-state index in [-0.39, 0.29) is 29.1 Å². The Balaban J connectivity index is 1.36. The molecule has 38 heavy (non-hydrogen) atoms. The van der Waals surface area contributed by atoms with Crippen molar-refractivity contribution in [3.8, 4) is 5.75 Å². The number of thiophene rings is 1. The molecule has 0 spiro atoms. The number of imide groups is 1. The van der Waals surface area contributed by atoms with Crippen LogP contribution < -0.4 is 19.8 Å². The lowest BCUT2D eigenvalue weighted by atomic mass is 9.87. The Morgan fingerprint density at radius 3 is 2.42 bits per heavy atom. The predicted octanol–water partition coefficient (Wildman–Crippen LogP) is 4.41. The first-order chi connectivity index (χ1) is 18.5. The molecule has 1 N–H and O–H groups in total. The quantitative estimate of drug-likeness (QED) is 0.349. The number of thioether (sulfide) groups is 1. The van der Waals surface area contributed by atoms with Gasteiger partial charge in [-0.25, -0.2) is 4.90 Å². The molecule has 3 atom stereocenters. The van der Waals surface area contributed by atoms with E-state index in [9.17, 15) is 19.2 Å². The van der Waals surface area contributed by atoms with Gasteiger partial charge in [0, 0.05) is 21.4 Å². The fourth-order valence-electron chi connectivity index (χ4n) is 4.88. The van der Waals surface area contributed by atoms with E-state index >= 15 is 0 Å². The fraction of sp³-hybridized carbons (Fsp3) is 0.185. The summed E-state index contributed by atoms with van der Waals surface area (Å²) >= 11 is 3.74. The van der Waals surface area contributed by atoms with Crippen molar-refractivity contribution in [1.29, 1.82) is 0 Å². The molecule has 8 nitrogen and oxygen atoms in total. The number of nitrogens with zero attached hydrogens (tertiary/aromatic N) is 2. The van der Waals surface area contributed by atoms with Crippen LogP contribution in [0.4, 0.5) is 11.4 Å². The number of amides is 3. The van der Waals surface area contributed by atoms with Crippen LogP contribution in [0.3, 0.4) is 0 Å². The van der Waals surface area contributed by atoms with E-state index in [0.717, 1.165) is 21.1 Å². The summed E-state index contributed by atoms with van der Waals surface area (Å²) in [6.45, 7) is -0.206. The lowest BCUT2D eigenvalue weighted by molar-refractivity contribution is -0.122. The minimum absolute atomic E-state index is 0.206. The lowest BCUT2D eigenvalue weighted by Gasteiger charge is -2.29. The summed E-state index contributed by atoms with van der Waals surface area (Å²) in [7, 11) is 1.56. The van der Waals surface area contributed by atoms with Crippen LogP contribution in [0.25, 0.3) is 0 Å². The highest BCUT2D eigenvalue weighted by Gasteiger charge is 2.57. The van der Waals surface area contributed by atoms with Gasteiger partial charge in [-0.05, 0) is 47.8 Å². The molecule has 3 unspecified atom stereocenters. The third kappa shape index (κ3) is 4.16. The molecule has 2 aliphatic rings. The summed E-state index contributed by atoms with van der Waals surface area (Å²) in [5.41, 5.74) is 1.11. The van der Waals surface area contributed by atoms with Gasteiger partial charge in [-0.2, -0.15) is 0 Å². The second-order valence-corrected chi connectivity index (χ2v) is 11.9. The third-order valence-corrected chi connectivity index (χ3v) is 10.1. The van der Waals surface area contributed by atoms with E-state index in [0.29, 0.717) is 22.2 Å². The topological polar surface area (TPSA) is 97.7 Å². The number of para-hydroxylation sites is 1. The molecular formula is C27H21N3O5S3. The standard InChI is InChI=1S/C27H21N3O5S3/c1-35-17-11-9-15(10-12-17)28-19(31)14-29-26-23(38-27(29)34)20(18-8-5-13-36-18)21-22(37-26)25(33)30(24(21)32)16-6-3-2-4-7-16/h2-13,20-22H,14H2,1H3,(H,28,31). The summed E-state index contributed by atoms with van der Waals surface area (Å²) in [6, 6.07) is 19.6. The molecule has 4 aromatic rings. The van der Waals surface area contributed by atoms with Gasteiger partial charge in [0.25, 0.3) is 0 Å². The number of benzene rings is 2. The fourth-order valence-corrected chi connectivity index (χ4v) is 8.60. The molecule has 0 bridgehead atoms. The largest absolute Gasteiger partial charge is 0.497 e. The molecule has 2 aromatic heterocycles. The molecule has 2 aliphatic heterocycles. The highest BCUT2D eigenvalue weighted by molar-refractivity contribution is 8.00. The first-order valence-electron chi connectivity index (χ1n) is 11.8. The van der Waals surface area contributed by atoms with Crippen LogP contribution in [0.5, 0.6) is 5.75 Å². The van der Waals surface area contributed by atoms with Crippen molar-refractivity contribution in [2.75, 3.05) is 17.3 Å². The van der Waals surface area contributed by atoms with Crippen molar-refractivity contribution in [3.05, 3.63) is 91.5 Å². The maximum atomic E-state index is 13.7. The van der Waals surface area contributed by atoms with Gasteiger partial charge in [-0.15, -0.1) is 11.3 Å². The second-order valence-electron chi connectivity index (χ2n) is 8.80. The van der Waals surface area contributed by atoms with Crippen LogP contribution in [0, 0.1) is 5.92 Å². The first-order valence-corrected chi connectivity index (χ1v) is 14.3. The van der Waals surface area contributed by atoms with Crippen molar-refractivity contribution >= 4 is 63.5 Å². The van der Waals surface area contributed by atoms with Crippen molar-refractivity contribution in [2.45, 2.75) is 22.7 Å². The predicted molar refractivity (Wildman–Crippen MR) is 148 cm³/mol. The number of hydrogen-bond acceptors (Lipinski definition) is 8. The summed E-state index contributed by atoms with van der Waals surface area (Å²) in [5.74, 6) is -1.36. The highest BCUT2D eigenvalue weighted by Crippen LogP contribution is 2.54. The summed E-state index contributed by atoms with van der Waals surface area (Å²) in [5, 5.41) is 4.60. The van der Waals surface area contributed by atoms with E-state index in [2.05, 4.69) is 5.32 Å². The Hall–Kier alpha value is -3.67. The number of aromatic nitrogens is 1. The van der Waals surface area contributed by atoms with E-state index in [1.54, 1.807) is 55.6 Å². The van der Waals surface area contributed by atoms with Gasteiger partial charge < -0.3 is 10.1 Å². The van der Waals surface area contributed by atoms with Crippen LogP contribution in [0.1, 0.15) is 15.7 Å². The van der Waals surface area contributed by atoms with Crippen LogP contribution in [-0.4, -0.2) is 34.6 Å². The Labute approximate surface area is 229 Å². The summed E-state index contributed by atoms with van der Waals surface area (Å²) < 4.78 is 6.57. The molecule has 4 heterocycles. The third-order valence-electron chi connectivity index (χ3n) is 6.59. The van der Waals surface area contributed by atoms with Gasteiger partial charge in [-0.3, -0.25) is 23.7 Å². The Morgan fingerprint density at radius 2 is 1.74 bits per heavy atom. The molecule has 0 saturated carbocycles. The zero-order valence-electron chi connectivity index (χ0n) is 20.0. The monoisotopic (exact) mass is 563 g/mol. The molecule has 0 aliphatic carbocycles. The van der Waals surface area contributed by atoms with Crippen molar-refractivity contribution in [3.63, 3.8) is 0 Å². The molecular weight excluding hydrogens is 543 g/mol.